The summed E-state index contributed by atoms with van der Waals surface area (Å²) in [5.41, 5.74) is 0.601. The maximum Gasteiger partial charge on any atom is 0.289 e. The monoisotopic (exact) mass is 192 g/mol. The highest BCUT2D eigenvalue weighted by Crippen LogP contribution is 2.03. The molecule has 1 heterocycles. The summed E-state index contributed by atoms with van der Waals surface area (Å²) in [4.78, 5) is 15.2. The number of carbonyl (C=O) groups is 1. The minimum Gasteiger partial charge on any atom is -0.438 e. The number of hydrogen-bond donors (Lipinski definition) is 1. The van der Waals surface area contributed by atoms with Crippen molar-refractivity contribution in [2.45, 2.75) is 20.3 Å². The Hall–Kier alpha value is -1.76. The van der Waals surface area contributed by atoms with Crippen LogP contribution in [0.25, 0.3) is 0 Å². The average molecular weight is 192 g/mol. The zero-order valence-electron chi connectivity index (χ0n) is 8.26. The lowest BCUT2D eigenvalue weighted by molar-refractivity contribution is 0.0926. The third kappa shape index (κ3) is 2.63. The SMILES string of the molecule is CC#CCCNC(=O)c1ocnc1C. The van der Waals surface area contributed by atoms with Gasteiger partial charge < -0.3 is 9.73 Å². The fourth-order valence-corrected chi connectivity index (χ4v) is 0.964. The van der Waals surface area contributed by atoms with E-state index < -0.39 is 0 Å². The highest BCUT2D eigenvalue weighted by Gasteiger charge is 2.12. The molecular weight excluding hydrogens is 180 g/mol. The molecule has 0 unspecified atom stereocenters. The molecule has 0 saturated heterocycles. The lowest BCUT2D eigenvalue weighted by atomic mass is 10.3. The molecule has 4 nitrogen and oxygen atoms in total. The van der Waals surface area contributed by atoms with Gasteiger partial charge in [0, 0.05) is 13.0 Å². The minimum atomic E-state index is -0.238. The van der Waals surface area contributed by atoms with Crippen molar-refractivity contribution in [3.05, 3.63) is 17.8 Å². The molecule has 0 fully saturated rings. The molecule has 74 valence electrons. The summed E-state index contributed by atoms with van der Waals surface area (Å²) in [7, 11) is 0. The van der Waals surface area contributed by atoms with Gasteiger partial charge in [-0.2, -0.15) is 0 Å². The number of hydrogen-bond acceptors (Lipinski definition) is 3. The van der Waals surface area contributed by atoms with Crippen molar-refractivity contribution in [2.24, 2.45) is 0 Å². The quantitative estimate of drug-likeness (QED) is 0.577. The molecule has 0 aromatic carbocycles. The van der Waals surface area contributed by atoms with Gasteiger partial charge in [-0.1, -0.05) is 0 Å². The maximum absolute atomic E-state index is 11.4. The van der Waals surface area contributed by atoms with Crippen molar-refractivity contribution in [1.29, 1.82) is 0 Å². The standard InChI is InChI=1S/C10H12N2O2/c1-3-4-5-6-11-10(13)9-8(2)12-7-14-9/h7H,5-6H2,1-2H3,(H,11,13). The number of nitrogens with one attached hydrogen (secondary N) is 1. The molecule has 0 spiro atoms. The van der Waals surface area contributed by atoms with Crippen LogP contribution in [0, 0.1) is 18.8 Å². The van der Waals surface area contributed by atoms with Crippen molar-refractivity contribution in [3.8, 4) is 11.8 Å². The summed E-state index contributed by atoms with van der Waals surface area (Å²) in [6, 6.07) is 0. The molecule has 1 aromatic heterocycles. The second kappa shape index (κ2) is 5.07. The first kappa shape index (κ1) is 10.3. The number of amides is 1. The Morgan fingerprint density at radius 1 is 1.71 bits per heavy atom. The normalized spacial score (nSPS) is 9.00. The van der Waals surface area contributed by atoms with E-state index in [4.69, 9.17) is 4.42 Å². The Kier molecular flexibility index (Phi) is 3.74. The van der Waals surface area contributed by atoms with Crippen LogP contribution in [0.15, 0.2) is 10.8 Å². The first-order chi connectivity index (χ1) is 6.75. The predicted molar refractivity (Wildman–Crippen MR) is 51.6 cm³/mol. The Labute approximate surface area is 82.7 Å². The third-order valence-electron chi connectivity index (χ3n) is 1.66. The van der Waals surface area contributed by atoms with Crippen LogP contribution in [-0.4, -0.2) is 17.4 Å². The molecular formula is C10H12N2O2. The van der Waals surface area contributed by atoms with E-state index in [1.54, 1.807) is 13.8 Å². The highest BCUT2D eigenvalue weighted by molar-refractivity contribution is 5.92. The molecule has 4 heteroatoms. The predicted octanol–water partition coefficient (Wildman–Crippen LogP) is 1.13. The topological polar surface area (TPSA) is 55.1 Å². The summed E-state index contributed by atoms with van der Waals surface area (Å²) in [5, 5.41) is 2.69. The van der Waals surface area contributed by atoms with Gasteiger partial charge in [-0.05, 0) is 13.8 Å². The van der Waals surface area contributed by atoms with Gasteiger partial charge in [-0.15, -0.1) is 11.8 Å². The average Bonchev–Trinajstić information content (AvgIpc) is 2.59. The lowest BCUT2D eigenvalue weighted by Gasteiger charge is -1.99. The Balaban J connectivity index is 2.42. The fraction of sp³-hybridized carbons (Fsp3) is 0.400. The van der Waals surface area contributed by atoms with Gasteiger partial charge in [0.2, 0.25) is 5.76 Å². The lowest BCUT2D eigenvalue weighted by Crippen LogP contribution is -2.24. The number of oxazole rings is 1. The second-order valence-electron chi connectivity index (χ2n) is 2.70. The summed E-state index contributed by atoms with van der Waals surface area (Å²) >= 11 is 0. The van der Waals surface area contributed by atoms with Crippen LogP contribution in [-0.2, 0) is 0 Å². The van der Waals surface area contributed by atoms with E-state index >= 15 is 0 Å². The molecule has 0 aliphatic carbocycles. The van der Waals surface area contributed by atoms with Gasteiger partial charge in [-0.3, -0.25) is 4.79 Å². The van der Waals surface area contributed by atoms with Crippen LogP contribution in [0.3, 0.4) is 0 Å². The number of rotatable bonds is 3. The zero-order valence-corrected chi connectivity index (χ0v) is 8.26. The largest absolute Gasteiger partial charge is 0.438 e. The van der Waals surface area contributed by atoms with Crippen molar-refractivity contribution >= 4 is 5.91 Å². The summed E-state index contributed by atoms with van der Waals surface area (Å²) in [6.45, 7) is 4.02. The number of aryl methyl sites for hydroxylation is 1. The third-order valence-corrected chi connectivity index (χ3v) is 1.66. The molecule has 1 N–H and O–H groups in total. The van der Waals surface area contributed by atoms with E-state index in [-0.39, 0.29) is 11.7 Å². The van der Waals surface area contributed by atoms with E-state index in [1.807, 2.05) is 0 Å². The van der Waals surface area contributed by atoms with Gasteiger partial charge in [0.25, 0.3) is 5.91 Å². The summed E-state index contributed by atoms with van der Waals surface area (Å²) in [5.74, 6) is 5.64. The van der Waals surface area contributed by atoms with Gasteiger partial charge in [0.05, 0.1) is 5.69 Å². The van der Waals surface area contributed by atoms with E-state index in [1.165, 1.54) is 6.39 Å². The number of aromatic nitrogens is 1. The van der Waals surface area contributed by atoms with Crippen LogP contribution < -0.4 is 5.32 Å². The van der Waals surface area contributed by atoms with E-state index in [0.717, 1.165) is 0 Å². The van der Waals surface area contributed by atoms with Crippen molar-refractivity contribution in [3.63, 3.8) is 0 Å². The van der Waals surface area contributed by atoms with Crippen molar-refractivity contribution in [2.75, 3.05) is 6.54 Å². The first-order valence-corrected chi connectivity index (χ1v) is 4.33. The maximum atomic E-state index is 11.4. The molecule has 0 aliphatic heterocycles. The Morgan fingerprint density at radius 3 is 3.07 bits per heavy atom. The van der Waals surface area contributed by atoms with E-state index in [0.29, 0.717) is 18.7 Å². The Morgan fingerprint density at radius 2 is 2.50 bits per heavy atom. The number of carbonyl (C=O) groups excluding carboxylic acids is 1. The highest BCUT2D eigenvalue weighted by atomic mass is 16.3. The van der Waals surface area contributed by atoms with Gasteiger partial charge >= 0.3 is 0 Å². The summed E-state index contributed by atoms with van der Waals surface area (Å²) < 4.78 is 4.92. The minimum absolute atomic E-state index is 0.238. The van der Waals surface area contributed by atoms with Gasteiger partial charge in [0.15, 0.2) is 6.39 Å². The molecule has 1 aromatic rings. The molecule has 0 radical (unpaired) electrons. The smallest absolute Gasteiger partial charge is 0.289 e. The molecule has 14 heavy (non-hydrogen) atoms. The Bertz CT molecular complexity index is 371. The number of nitrogens with zero attached hydrogens (tertiary/aromatic N) is 1. The molecule has 0 saturated carbocycles. The van der Waals surface area contributed by atoms with Crippen LogP contribution in [0.5, 0.6) is 0 Å². The fourth-order valence-electron chi connectivity index (χ4n) is 0.964. The molecule has 0 aliphatic rings. The second-order valence-corrected chi connectivity index (χ2v) is 2.70. The molecule has 1 rings (SSSR count). The van der Waals surface area contributed by atoms with E-state index in [9.17, 15) is 4.79 Å². The molecule has 0 atom stereocenters. The molecule has 1 amide bonds. The van der Waals surface area contributed by atoms with Gasteiger partial charge in [0.1, 0.15) is 0 Å². The van der Waals surface area contributed by atoms with Crippen LogP contribution in [0.2, 0.25) is 0 Å². The van der Waals surface area contributed by atoms with Crippen molar-refractivity contribution in [1.82, 2.24) is 10.3 Å². The van der Waals surface area contributed by atoms with Crippen LogP contribution >= 0.6 is 0 Å². The zero-order chi connectivity index (χ0) is 10.4. The summed E-state index contributed by atoms with van der Waals surface area (Å²) in [6.07, 6.45) is 1.91. The first-order valence-electron chi connectivity index (χ1n) is 4.33. The van der Waals surface area contributed by atoms with Gasteiger partial charge in [-0.25, -0.2) is 4.98 Å². The van der Waals surface area contributed by atoms with Crippen LogP contribution in [0.1, 0.15) is 29.6 Å². The molecule has 0 bridgehead atoms. The van der Waals surface area contributed by atoms with E-state index in [2.05, 4.69) is 22.1 Å². The van der Waals surface area contributed by atoms with Crippen molar-refractivity contribution < 1.29 is 9.21 Å². The van der Waals surface area contributed by atoms with Crippen LogP contribution in [0.4, 0.5) is 0 Å².